The van der Waals surface area contributed by atoms with Crippen molar-refractivity contribution in [3.05, 3.63) is 29.8 Å². The zero-order chi connectivity index (χ0) is 18.4. The lowest BCUT2D eigenvalue weighted by Crippen LogP contribution is -2.50. The van der Waals surface area contributed by atoms with Gasteiger partial charge in [-0.1, -0.05) is 32.9 Å². The minimum atomic E-state index is 0.0106. The zero-order valence-corrected chi connectivity index (χ0v) is 16.5. The molecule has 25 heavy (non-hydrogen) atoms. The number of carbonyl (C=O) groups excluding carboxylic acids is 1. The van der Waals surface area contributed by atoms with E-state index in [2.05, 4.69) is 62.1 Å². The van der Waals surface area contributed by atoms with Gasteiger partial charge in [0.1, 0.15) is 0 Å². The van der Waals surface area contributed by atoms with Crippen LogP contribution in [0, 0.1) is 0 Å². The predicted molar refractivity (Wildman–Crippen MR) is 105 cm³/mol. The van der Waals surface area contributed by atoms with Gasteiger partial charge >= 0.3 is 6.03 Å². The van der Waals surface area contributed by atoms with Gasteiger partial charge in [0.2, 0.25) is 0 Å². The van der Waals surface area contributed by atoms with Gasteiger partial charge in [0, 0.05) is 31.9 Å². The maximum atomic E-state index is 12.4. The van der Waals surface area contributed by atoms with Crippen LogP contribution in [-0.2, 0) is 5.41 Å². The summed E-state index contributed by atoms with van der Waals surface area (Å²) in [6.45, 7) is 12.3. The van der Waals surface area contributed by atoms with Crippen molar-refractivity contribution in [1.82, 2.24) is 14.7 Å². The van der Waals surface area contributed by atoms with Gasteiger partial charge in [0.25, 0.3) is 0 Å². The Morgan fingerprint density at radius 1 is 1.08 bits per heavy atom. The number of hydrogen-bond donors (Lipinski definition) is 1. The number of nitrogens with one attached hydrogen (secondary N) is 1. The molecule has 5 nitrogen and oxygen atoms in total. The Hall–Kier alpha value is -1.59. The number of benzene rings is 1. The Morgan fingerprint density at radius 2 is 1.68 bits per heavy atom. The molecule has 0 aliphatic carbocycles. The molecule has 0 spiro atoms. The third-order valence-electron chi connectivity index (χ3n) is 4.74. The van der Waals surface area contributed by atoms with Crippen molar-refractivity contribution in [2.24, 2.45) is 0 Å². The molecular weight excluding hydrogens is 312 g/mol. The third kappa shape index (κ3) is 6.33. The lowest BCUT2D eigenvalue weighted by molar-refractivity contribution is 0.144. The molecule has 0 atom stereocenters. The van der Waals surface area contributed by atoms with Crippen molar-refractivity contribution in [1.29, 1.82) is 0 Å². The molecule has 0 aromatic heterocycles. The Balaban J connectivity index is 1.77. The number of amides is 2. The first-order valence-electron chi connectivity index (χ1n) is 9.29. The summed E-state index contributed by atoms with van der Waals surface area (Å²) in [5.74, 6) is 0. The number of urea groups is 1. The number of rotatable bonds is 5. The molecule has 1 saturated heterocycles. The lowest BCUT2D eigenvalue weighted by atomic mass is 9.87. The number of hydrogen-bond acceptors (Lipinski definition) is 3. The first kappa shape index (κ1) is 19.7. The van der Waals surface area contributed by atoms with Crippen LogP contribution >= 0.6 is 0 Å². The number of nitrogens with zero attached hydrogens (tertiary/aromatic N) is 3. The molecule has 5 heteroatoms. The fourth-order valence-corrected chi connectivity index (χ4v) is 3.04. The van der Waals surface area contributed by atoms with Crippen molar-refractivity contribution in [3.63, 3.8) is 0 Å². The van der Waals surface area contributed by atoms with E-state index < -0.39 is 0 Å². The number of carbonyl (C=O) groups is 1. The molecule has 1 heterocycles. The molecule has 0 bridgehead atoms. The summed E-state index contributed by atoms with van der Waals surface area (Å²) in [6, 6.07) is 8.19. The standard InChI is InChI=1S/C20H34N4O/c1-20(2,3)17-7-9-18(10-8-17)21-19(25)24-15-13-23(14-16-24)12-6-11-22(4)5/h7-10H,6,11-16H2,1-5H3,(H,21,25). The molecule has 1 aliphatic heterocycles. The average Bonchev–Trinajstić information content (AvgIpc) is 2.55. The average molecular weight is 347 g/mol. The topological polar surface area (TPSA) is 38.8 Å². The Morgan fingerprint density at radius 3 is 2.20 bits per heavy atom. The van der Waals surface area contributed by atoms with E-state index in [4.69, 9.17) is 0 Å². The van der Waals surface area contributed by atoms with Crippen molar-refractivity contribution in [2.45, 2.75) is 32.6 Å². The van der Waals surface area contributed by atoms with Crippen LogP contribution in [0.5, 0.6) is 0 Å². The van der Waals surface area contributed by atoms with Gasteiger partial charge in [-0.25, -0.2) is 4.79 Å². The van der Waals surface area contributed by atoms with Crippen LogP contribution in [0.3, 0.4) is 0 Å². The lowest BCUT2D eigenvalue weighted by Gasteiger charge is -2.34. The second-order valence-electron chi connectivity index (χ2n) is 8.24. The van der Waals surface area contributed by atoms with E-state index in [1.165, 1.54) is 12.0 Å². The van der Waals surface area contributed by atoms with Gasteiger partial charge in [-0.2, -0.15) is 0 Å². The minimum absolute atomic E-state index is 0.0106. The van der Waals surface area contributed by atoms with Gasteiger partial charge in [-0.05, 0) is 56.7 Å². The molecule has 1 N–H and O–H groups in total. The highest BCUT2D eigenvalue weighted by Gasteiger charge is 2.21. The Labute approximate surface area is 153 Å². The highest BCUT2D eigenvalue weighted by atomic mass is 16.2. The Kier molecular flexibility index (Phi) is 6.85. The molecule has 0 saturated carbocycles. The van der Waals surface area contributed by atoms with Crippen LogP contribution in [0.1, 0.15) is 32.8 Å². The predicted octanol–water partition coefficient (Wildman–Crippen LogP) is 3.09. The van der Waals surface area contributed by atoms with Gasteiger partial charge in [-0.3, -0.25) is 4.90 Å². The van der Waals surface area contributed by atoms with Gasteiger partial charge in [-0.15, -0.1) is 0 Å². The number of anilines is 1. The number of piperazine rings is 1. The molecule has 1 aliphatic rings. The molecule has 140 valence electrons. The first-order chi connectivity index (χ1) is 11.8. The molecular formula is C20H34N4O. The summed E-state index contributed by atoms with van der Waals surface area (Å²) < 4.78 is 0. The zero-order valence-electron chi connectivity index (χ0n) is 16.5. The van der Waals surface area contributed by atoms with Gasteiger partial charge < -0.3 is 15.1 Å². The van der Waals surface area contributed by atoms with Crippen molar-refractivity contribution < 1.29 is 4.79 Å². The van der Waals surface area contributed by atoms with Gasteiger partial charge in [0.15, 0.2) is 0 Å². The van der Waals surface area contributed by atoms with Crippen molar-refractivity contribution >= 4 is 11.7 Å². The van der Waals surface area contributed by atoms with Crippen LogP contribution in [-0.4, -0.2) is 74.1 Å². The quantitative estimate of drug-likeness (QED) is 0.890. The summed E-state index contributed by atoms with van der Waals surface area (Å²) in [5.41, 5.74) is 2.27. The summed E-state index contributed by atoms with van der Waals surface area (Å²) in [7, 11) is 4.21. The maximum Gasteiger partial charge on any atom is 0.321 e. The van der Waals surface area contributed by atoms with E-state index in [0.717, 1.165) is 45.0 Å². The van der Waals surface area contributed by atoms with Crippen molar-refractivity contribution in [3.8, 4) is 0 Å². The molecule has 1 fully saturated rings. The largest absolute Gasteiger partial charge is 0.322 e. The fraction of sp³-hybridized carbons (Fsp3) is 0.650. The molecule has 0 unspecified atom stereocenters. The SMILES string of the molecule is CN(C)CCCN1CCN(C(=O)Nc2ccc(C(C)(C)C)cc2)CC1. The highest BCUT2D eigenvalue weighted by Crippen LogP contribution is 2.23. The second kappa shape index (κ2) is 8.68. The van der Waals surface area contributed by atoms with Crippen LogP contribution in [0.4, 0.5) is 10.5 Å². The van der Waals surface area contributed by atoms with E-state index in [0.29, 0.717) is 0 Å². The van der Waals surface area contributed by atoms with Crippen LogP contribution in [0.2, 0.25) is 0 Å². The molecule has 2 rings (SSSR count). The van der Waals surface area contributed by atoms with Crippen LogP contribution < -0.4 is 5.32 Å². The Bertz CT molecular complexity index is 540. The monoisotopic (exact) mass is 346 g/mol. The van der Waals surface area contributed by atoms with Gasteiger partial charge in [0.05, 0.1) is 0 Å². The minimum Gasteiger partial charge on any atom is -0.322 e. The molecule has 1 aromatic rings. The molecule has 0 radical (unpaired) electrons. The van der Waals surface area contributed by atoms with E-state index >= 15 is 0 Å². The molecule has 1 aromatic carbocycles. The second-order valence-corrected chi connectivity index (χ2v) is 8.24. The van der Waals surface area contributed by atoms with Crippen LogP contribution in [0.15, 0.2) is 24.3 Å². The normalized spacial score (nSPS) is 16.3. The van der Waals surface area contributed by atoms with E-state index in [1.54, 1.807) is 0 Å². The van der Waals surface area contributed by atoms with E-state index in [-0.39, 0.29) is 11.4 Å². The summed E-state index contributed by atoms with van der Waals surface area (Å²) in [6.07, 6.45) is 1.18. The highest BCUT2D eigenvalue weighted by molar-refractivity contribution is 5.89. The summed E-state index contributed by atoms with van der Waals surface area (Å²) in [4.78, 5) is 19.0. The van der Waals surface area contributed by atoms with E-state index in [9.17, 15) is 4.79 Å². The van der Waals surface area contributed by atoms with E-state index in [1.807, 2.05) is 17.0 Å². The summed E-state index contributed by atoms with van der Waals surface area (Å²) >= 11 is 0. The molecule has 2 amide bonds. The summed E-state index contributed by atoms with van der Waals surface area (Å²) in [5, 5.41) is 3.03. The first-order valence-corrected chi connectivity index (χ1v) is 9.29. The maximum absolute atomic E-state index is 12.4. The van der Waals surface area contributed by atoms with Crippen LogP contribution in [0.25, 0.3) is 0 Å². The third-order valence-corrected chi connectivity index (χ3v) is 4.74. The van der Waals surface area contributed by atoms with Crippen molar-refractivity contribution in [2.75, 3.05) is 58.7 Å². The smallest absolute Gasteiger partial charge is 0.321 e. The fourth-order valence-electron chi connectivity index (χ4n) is 3.04.